The van der Waals surface area contributed by atoms with Crippen LogP contribution in [-0.4, -0.2) is 29.6 Å². The average molecular weight is 371 g/mol. The van der Waals surface area contributed by atoms with Crippen LogP contribution in [0.1, 0.15) is 0 Å². The molecule has 5 aromatic rings. The zero-order valence-corrected chi connectivity index (χ0v) is 14.6. The maximum atomic E-state index is 13.9. The number of halogens is 1. The lowest BCUT2D eigenvalue weighted by Gasteiger charge is -2.04. The molecule has 0 fully saturated rings. The Hall–Kier alpha value is -4.07. The van der Waals surface area contributed by atoms with Gasteiger partial charge in [0, 0.05) is 5.56 Å². The van der Waals surface area contributed by atoms with Crippen molar-refractivity contribution in [2.75, 3.05) is 5.32 Å². The third-order valence-corrected chi connectivity index (χ3v) is 4.25. The van der Waals surface area contributed by atoms with E-state index in [0.29, 0.717) is 28.7 Å². The summed E-state index contributed by atoms with van der Waals surface area (Å²) < 4.78 is 17.1. The second-order valence-corrected chi connectivity index (χ2v) is 6.13. The molecule has 0 bridgehead atoms. The maximum absolute atomic E-state index is 13.9. The van der Waals surface area contributed by atoms with Gasteiger partial charge < -0.3 is 5.32 Å². The van der Waals surface area contributed by atoms with E-state index in [-0.39, 0.29) is 5.82 Å². The number of hydrogen-bond donors (Lipinski definition) is 1. The van der Waals surface area contributed by atoms with E-state index in [4.69, 9.17) is 0 Å². The van der Waals surface area contributed by atoms with E-state index in [0.717, 1.165) is 5.56 Å². The van der Waals surface area contributed by atoms with Gasteiger partial charge in [-0.3, -0.25) is 0 Å². The van der Waals surface area contributed by atoms with Crippen molar-refractivity contribution < 1.29 is 4.39 Å². The van der Waals surface area contributed by atoms with Gasteiger partial charge in [0.25, 0.3) is 0 Å². The Bertz CT molecular complexity index is 1260. The smallest absolute Gasteiger partial charge is 0.185 e. The minimum atomic E-state index is -0.339. The first-order chi connectivity index (χ1) is 13.8. The zero-order valence-electron chi connectivity index (χ0n) is 14.6. The molecule has 28 heavy (non-hydrogen) atoms. The van der Waals surface area contributed by atoms with E-state index in [1.54, 1.807) is 41.2 Å². The van der Waals surface area contributed by atoms with E-state index in [9.17, 15) is 4.39 Å². The van der Waals surface area contributed by atoms with Crippen LogP contribution in [-0.2, 0) is 0 Å². The molecule has 136 valence electrons. The molecule has 3 heterocycles. The average Bonchev–Trinajstić information content (AvgIpc) is 3.36. The third-order valence-electron chi connectivity index (χ3n) is 4.25. The molecule has 2 aromatic carbocycles. The van der Waals surface area contributed by atoms with Gasteiger partial charge in [0.1, 0.15) is 11.5 Å². The topological polar surface area (TPSA) is 72.9 Å². The number of rotatable bonds is 4. The molecule has 1 N–H and O–H groups in total. The number of para-hydroxylation sites is 1. The predicted molar refractivity (Wildman–Crippen MR) is 103 cm³/mol. The van der Waals surface area contributed by atoms with Gasteiger partial charge in [-0.1, -0.05) is 42.5 Å². The summed E-state index contributed by atoms with van der Waals surface area (Å²) in [6, 6.07) is 19.8. The lowest BCUT2D eigenvalue weighted by molar-refractivity contribution is 0.611. The van der Waals surface area contributed by atoms with Gasteiger partial charge in [0.05, 0.1) is 18.1 Å². The summed E-state index contributed by atoms with van der Waals surface area (Å²) in [5.41, 5.74) is 2.63. The van der Waals surface area contributed by atoms with Crippen LogP contribution in [0.4, 0.5) is 15.9 Å². The summed E-state index contributed by atoms with van der Waals surface area (Å²) in [5, 5.41) is 20.4. The third kappa shape index (κ3) is 2.86. The van der Waals surface area contributed by atoms with Crippen molar-refractivity contribution >= 4 is 17.2 Å². The van der Waals surface area contributed by atoms with Crippen LogP contribution in [0.5, 0.6) is 0 Å². The van der Waals surface area contributed by atoms with E-state index < -0.39 is 0 Å². The molecule has 0 saturated heterocycles. The number of nitrogens with zero attached hydrogens (tertiary/aromatic N) is 6. The van der Waals surface area contributed by atoms with Gasteiger partial charge in [-0.15, -0.1) is 15.3 Å². The monoisotopic (exact) mass is 371 g/mol. The van der Waals surface area contributed by atoms with Crippen LogP contribution in [0.25, 0.3) is 22.7 Å². The molecule has 0 aliphatic carbocycles. The fourth-order valence-electron chi connectivity index (χ4n) is 2.93. The van der Waals surface area contributed by atoms with Crippen LogP contribution in [0.3, 0.4) is 0 Å². The number of benzene rings is 2. The minimum absolute atomic E-state index is 0.339. The highest BCUT2D eigenvalue weighted by molar-refractivity contribution is 5.61. The minimum Gasteiger partial charge on any atom is -0.336 e. The van der Waals surface area contributed by atoms with Crippen molar-refractivity contribution in [2.45, 2.75) is 0 Å². The van der Waals surface area contributed by atoms with Gasteiger partial charge in [0.15, 0.2) is 17.3 Å². The van der Waals surface area contributed by atoms with Gasteiger partial charge in [-0.05, 0) is 24.3 Å². The molecule has 0 radical (unpaired) electrons. The fourth-order valence-corrected chi connectivity index (χ4v) is 2.93. The van der Waals surface area contributed by atoms with Gasteiger partial charge in [-0.25, -0.2) is 9.07 Å². The Morgan fingerprint density at radius 3 is 2.54 bits per heavy atom. The summed E-state index contributed by atoms with van der Waals surface area (Å²) in [5.74, 6) is 0.910. The van der Waals surface area contributed by atoms with Gasteiger partial charge in [0.2, 0.25) is 0 Å². The molecule has 0 aliphatic rings. The van der Waals surface area contributed by atoms with Crippen LogP contribution < -0.4 is 5.32 Å². The van der Waals surface area contributed by atoms with E-state index in [2.05, 4.69) is 25.7 Å². The number of anilines is 2. The molecule has 3 aromatic heterocycles. The first-order valence-corrected chi connectivity index (χ1v) is 8.62. The molecule has 0 spiro atoms. The Balaban J connectivity index is 1.47. The summed E-state index contributed by atoms with van der Waals surface area (Å²) in [4.78, 5) is 0. The lowest BCUT2D eigenvalue weighted by Crippen LogP contribution is -2.00. The highest BCUT2D eigenvalue weighted by atomic mass is 19.1. The van der Waals surface area contributed by atoms with Crippen molar-refractivity contribution in [2.24, 2.45) is 0 Å². The summed E-state index contributed by atoms with van der Waals surface area (Å²) >= 11 is 0. The van der Waals surface area contributed by atoms with Crippen LogP contribution in [0, 0.1) is 5.82 Å². The zero-order chi connectivity index (χ0) is 18.9. The number of hydrogen-bond acceptors (Lipinski definition) is 5. The summed E-state index contributed by atoms with van der Waals surface area (Å²) in [7, 11) is 0. The SMILES string of the molecule is Fc1ccccc1-n1cc(Nc2ccc3nnc(-c4ccccc4)n3n2)cn1. The Kier molecular flexibility index (Phi) is 3.79. The maximum Gasteiger partial charge on any atom is 0.185 e. The molecule has 5 rings (SSSR count). The Morgan fingerprint density at radius 1 is 0.857 bits per heavy atom. The van der Waals surface area contributed by atoms with Crippen LogP contribution in [0.2, 0.25) is 0 Å². The fraction of sp³-hybridized carbons (Fsp3) is 0. The molecule has 0 saturated carbocycles. The second kappa shape index (κ2) is 6.58. The lowest BCUT2D eigenvalue weighted by atomic mass is 10.2. The number of fused-ring (bicyclic) bond motifs is 1. The molecule has 0 unspecified atom stereocenters. The predicted octanol–water partition coefficient (Wildman–Crippen LogP) is 3.86. The van der Waals surface area contributed by atoms with E-state index in [1.165, 1.54) is 10.7 Å². The molecule has 0 aliphatic heterocycles. The quantitative estimate of drug-likeness (QED) is 0.519. The van der Waals surface area contributed by atoms with Crippen molar-refractivity contribution in [3.8, 4) is 17.1 Å². The normalized spacial score (nSPS) is 11.0. The summed E-state index contributed by atoms with van der Waals surface area (Å²) in [6.07, 6.45) is 3.32. The molecule has 0 atom stereocenters. The Labute approximate surface area is 159 Å². The Morgan fingerprint density at radius 2 is 1.68 bits per heavy atom. The van der Waals surface area contributed by atoms with E-state index >= 15 is 0 Å². The molecule has 7 nitrogen and oxygen atoms in total. The van der Waals surface area contributed by atoms with Crippen LogP contribution in [0.15, 0.2) is 79.1 Å². The highest BCUT2D eigenvalue weighted by Crippen LogP contribution is 2.20. The van der Waals surface area contributed by atoms with Gasteiger partial charge >= 0.3 is 0 Å². The van der Waals surface area contributed by atoms with Crippen molar-refractivity contribution in [3.63, 3.8) is 0 Å². The van der Waals surface area contributed by atoms with Crippen LogP contribution >= 0.6 is 0 Å². The standard InChI is InChI=1S/C20H14FN7/c21-16-8-4-5-9-17(16)27-13-15(12-22-27)23-18-10-11-19-24-25-20(28(19)26-18)14-6-2-1-3-7-14/h1-13H,(H,23,26). The summed E-state index contributed by atoms with van der Waals surface area (Å²) in [6.45, 7) is 0. The number of nitrogens with one attached hydrogen (secondary N) is 1. The van der Waals surface area contributed by atoms with Crippen molar-refractivity contribution in [1.82, 2.24) is 29.6 Å². The first kappa shape index (κ1) is 16.1. The molecular formula is C20H14FN7. The first-order valence-electron chi connectivity index (χ1n) is 8.62. The van der Waals surface area contributed by atoms with Crippen molar-refractivity contribution in [1.29, 1.82) is 0 Å². The number of aromatic nitrogens is 6. The largest absolute Gasteiger partial charge is 0.336 e. The molecular weight excluding hydrogens is 357 g/mol. The van der Waals surface area contributed by atoms with Gasteiger partial charge in [-0.2, -0.15) is 9.61 Å². The highest BCUT2D eigenvalue weighted by Gasteiger charge is 2.11. The molecule has 0 amide bonds. The van der Waals surface area contributed by atoms with E-state index in [1.807, 2.05) is 36.4 Å². The second-order valence-electron chi connectivity index (χ2n) is 6.13. The van der Waals surface area contributed by atoms with Crippen molar-refractivity contribution in [3.05, 3.63) is 84.9 Å². The molecule has 8 heteroatoms.